The summed E-state index contributed by atoms with van der Waals surface area (Å²) in [4.78, 5) is 25.5. The fourth-order valence-corrected chi connectivity index (χ4v) is 3.42. The van der Waals surface area contributed by atoms with E-state index in [0.717, 1.165) is 42.5 Å². The lowest BCUT2D eigenvalue weighted by Gasteiger charge is -2.15. The van der Waals surface area contributed by atoms with E-state index in [9.17, 15) is 9.18 Å². The molecule has 8 nitrogen and oxygen atoms in total. The van der Waals surface area contributed by atoms with Crippen molar-refractivity contribution in [1.29, 1.82) is 0 Å². The lowest BCUT2D eigenvalue weighted by molar-refractivity contribution is 0.0928. The number of nitrogens with zero attached hydrogens (tertiary/aromatic N) is 4. The number of H-pyrrole nitrogens is 1. The summed E-state index contributed by atoms with van der Waals surface area (Å²) in [6.07, 6.45) is 7.15. The molecule has 3 aromatic rings. The van der Waals surface area contributed by atoms with Crippen molar-refractivity contribution in [3.63, 3.8) is 0 Å². The average molecular weight is 395 g/mol. The number of rotatable bonds is 7. The number of aromatic nitrogens is 5. The van der Waals surface area contributed by atoms with Gasteiger partial charge < -0.3 is 10.6 Å². The molecule has 3 heterocycles. The number of amides is 1. The molecule has 0 aliphatic heterocycles. The van der Waals surface area contributed by atoms with Crippen molar-refractivity contribution in [3.05, 3.63) is 64.9 Å². The van der Waals surface area contributed by atoms with Crippen molar-refractivity contribution in [3.8, 4) is 0 Å². The molecular weight excluding hydrogens is 373 g/mol. The minimum Gasteiger partial charge on any atom is -0.369 e. The Balaban J connectivity index is 1.48. The third-order valence-corrected chi connectivity index (χ3v) is 4.93. The smallest absolute Gasteiger partial charge is 0.289 e. The van der Waals surface area contributed by atoms with E-state index >= 15 is 0 Å². The predicted octanol–water partition coefficient (Wildman–Crippen LogP) is 2.37. The van der Waals surface area contributed by atoms with E-state index in [1.54, 1.807) is 25.3 Å². The number of aryl methyl sites for hydroxylation is 1. The van der Waals surface area contributed by atoms with Gasteiger partial charge in [0.1, 0.15) is 5.82 Å². The van der Waals surface area contributed by atoms with E-state index in [1.165, 1.54) is 6.07 Å². The number of anilines is 1. The van der Waals surface area contributed by atoms with E-state index in [-0.39, 0.29) is 5.82 Å². The number of aromatic amines is 1. The largest absolute Gasteiger partial charge is 0.369 e. The third kappa shape index (κ3) is 4.39. The molecule has 0 bridgehead atoms. The molecular formula is C20H22FN7O. The van der Waals surface area contributed by atoms with E-state index in [4.69, 9.17) is 0 Å². The van der Waals surface area contributed by atoms with Crippen LogP contribution in [0.15, 0.2) is 30.6 Å². The van der Waals surface area contributed by atoms with Crippen molar-refractivity contribution < 1.29 is 9.18 Å². The maximum absolute atomic E-state index is 13.3. The van der Waals surface area contributed by atoms with Crippen LogP contribution in [0.1, 0.15) is 52.5 Å². The Morgan fingerprint density at radius 1 is 1.28 bits per heavy atom. The van der Waals surface area contributed by atoms with Crippen molar-refractivity contribution in [1.82, 2.24) is 30.5 Å². The number of hydrogen-bond acceptors (Lipinski definition) is 6. The third-order valence-electron chi connectivity index (χ3n) is 4.93. The Morgan fingerprint density at radius 2 is 2.17 bits per heavy atom. The molecule has 0 radical (unpaired) electrons. The maximum atomic E-state index is 13.3. The number of nitrogens with one attached hydrogen (secondary N) is 3. The molecule has 0 spiro atoms. The Labute approximate surface area is 167 Å². The number of pyridine rings is 1. The molecule has 0 aromatic carbocycles. The molecule has 3 aromatic heterocycles. The monoisotopic (exact) mass is 395 g/mol. The minimum atomic E-state index is -0.582. The van der Waals surface area contributed by atoms with Crippen LogP contribution in [0.5, 0.6) is 0 Å². The standard InChI is InChI=1S/C20H22FN7O/c1-12(15-5-3-7-17(21)26-15)25-20(29)19-27-16-6-2-4-14(16)18(28-19)22-9-8-13-10-23-24-11-13/h3,5,7,10-12H,2,4,6,8-9H2,1H3,(H,23,24)(H,25,29)(H,22,27,28). The number of carbonyl (C=O) groups excluding carboxylic acids is 1. The van der Waals surface area contributed by atoms with E-state index in [2.05, 4.69) is 35.8 Å². The molecule has 9 heteroatoms. The van der Waals surface area contributed by atoms with Gasteiger partial charge in [0.25, 0.3) is 5.91 Å². The first kappa shape index (κ1) is 19.0. The van der Waals surface area contributed by atoms with Crippen LogP contribution in [0.2, 0.25) is 0 Å². The molecule has 1 aliphatic carbocycles. The molecule has 29 heavy (non-hydrogen) atoms. The van der Waals surface area contributed by atoms with Gasteiger partial charge in [0, 0.05) is 24.0 Å². The summed E-state index contributed by atoms with van der Waals surface area (Å²) < 4.78 is 13.3. The van der Waals surface area contributed by atoms with Crippen molar-refractivity contribution in [2.75, 3.05) is 11.9 Å². The number of halogens is 1. The maximum Gasteiger partial charge on any atom is 0.289 e. The Morgan fingerprint density at radius 3 is 2.97 bits per heavy atom. The van der Waals surface area contributed by atoms with E-state index in [1.807, 2.05) is 6.20 Å². The van der Waals surface area contributed by atoms with E-state index in [0.29, 0.717) is 18.1 Å². The number of hydrogen-bond donors (Lipinski definition) is 3. The molecule has 3 N–H and O–H groups in total. The zero-order valence-electron chi connectivity index (χ0n) is 16.1. The zero-order chi connectivity index (χ0) is 20.2. The molecule has 1 aliphatic rings. The summed E-state index contributed by atoms with van der Waals surface area (Å²) in [7, 11) is 0. The SMILES string of the molecule is CC(NC(=O)c1nc2c(c(NCCc3cn[nH]c3)n1)CCC2)c1cccc(F)n1. The van der Waals surface area contributed by atoms with E-state index < -0.39 is 17.9 Å². The van der Waals surface area contributed by atoms with Crippen LogP contribution < -0.4 is 10.6 Å². The van der Waals surface area contributed by atoms with Gasteiger partial charge in [0.15, 0.2) is 0 Å². The van der Waals surface area contributed by atoms with Crippen LogP contribution >= 0.6 is 0 Å². The second-order valence-corrected chi connectivity index (χ2v) is 7.04. The summed E-state index contributed by atoms with van der Waals surface area (Å²) in [6.45, 7) is 2.42. The highest BCUT2D eigenvalue weighted by atomic mass is 19.1. The van der Waals surface area contributed by atoms with Gasteiger partial charge in [0.2, 0.25) is 11.8 Å². The van der Waals surface area contributed by atoms with Crippen LogP contribution in [0.4, 0.5) is 10.2 Å². The Bertz CT molecular complexity index is 1010. The van der Waals surface area contributed by atoms with Gasteiger partial charge in [-0.2, -0.15) is 9.49 Å². The van der Waals surface area contributed by atoms with Crippen molar-refractivity contribution in [2.24, 2.45) is 0 Å². The first-order valence-electron chi connectivity index (χ1n) is 9.65. The molecule has 0 fully saturated rings. The highest BCUT2D eigenvalue weighted by Gasteiger charge is 2.23. The highest BCUT2D eigenvalue weighted by Crippen LogP contribution is 2.26. The van der Waals surface area contributed by atoms with Crippen LogP contribution in [-0.4, -0.2) is 37.6 Å². The summed E-state index contributed by atoms with van der Waals surface area (Å²) in [5.41, 5.74) is 3.52. The lowest BCUT2D eigenvalue weighted by Crippen LogP contribution is -2.29. The normalized spacial score (nSPS) is 13.7. The quantitative estimate of drug-likeness (QED) is 0.530. The van der Waals surface area contributed by atoms with Gasteiger partial charge in [-0.1, -0.05) is 6.07 Å². The van der Waals surface area contributed by atoms with Gasteiger partial charge >= 0.3 is 0 Å². The summed E-state index contributed by atoms with van der Waals surface area (Å²) in [6, 6.07) is 4.03. The van der Waals surface area contributed by atoms with Crippen LogP contribution in [0.3, 0.4) is 0 Å². The topological polar surface area (TPSA) is 108 Å². The second-order valence-electron chi connectivity index (χ2n) is 7.04. The number of fused-ring (bicyclic) bond motifs is 1. The molecule has 1 amide bonds. The summed E-state index contributed by atoms with van der Waals surface area (Å²) in [5, 5.41) is 12.9. The fraction of sp³-hybridized carbons (Fsp3) is 0.350. The first-order chi connectivity index (χ1) is 14.1. The summed E-state index contributed by atoms with van der Waals surface area (Å²) in [5.74, 6) is -0.171. The van der Waals surface area contributed by atoms with Crippen molar-refractivity contribution >= 4 is 11.7 Å². The van der Waals surface area contributed by atoms with Gasteiger partial charge in [-0.15, -0.1) is 0 Å². The van der Waals surface area contributed by atoms with Crippen LogP contribution in [-0.2, 0) is 19.3 Å². The van der Waals surface area contributed by atoms with Gasteiger partial charge in [0.05, 0.1) is 17.9 Å². The molecule has 150 valence electrons. The molecule has 1 atom stereocenters. The van der Waals surface area contributed by atoms with Gasteiger partial charge in [-0.25, -0.2) is 15.0 Å². The Kier molecular flexibility index (Phi) is 5.46. The number of carbonyl (C=O) groups is 1. The molecule has 1 unspecified atom stereocenters. The molecule has 0 saturated carbocycles. The zero-order valence-corrected chi connectivity index (χ0v) is 16.1. The minimum absolute atomic E-state index is 0.111. The predicted molar refractivity (Wildman–Crippen MR) is 105 cm³/mol. The second kappa shape index (κ2) is 8.34. The molecule has 0 saturated heterocycles. The molecule has 4 rings (SSSR count). The fourth-order valence-electron chi connectivity index (χ4n) is 3.42. The van der Waals surface area contributed by atoms with Crippen LogP contribution in [0, 0.1) is 5.95 Å². The Hall–Kier alpha value is -3.36. The lowest BCUT2D eigenvalue weighted by atomic mass is 10.2. The van der Waals surface area contributed by atoms with Crippen LogP contribution in [0.25, 0.3) is 0 Å². The average Bonchev–Trinajstić information content (AvgIpc) is 3.39. The first-order valence-corrected chi connectivity index (χ1v) is 9.65. The van der Waals surface area contributed by atoms with Gasteiger partial charge in [-0.3, -0.25) is 9.89 Å². The summed E-state index contributed by atoms with van der Waals surface area (Å²) >= 11 is 0. The highest BCUT2D eigenvalue weighted by molar-refractivity contribution is 5.91. The van der Waals surface area contributed by atoms with Crippen molar-refractivity contribution in [2.45, 2.75) is 38.6 Å². The van der Waals surface area contributed by atoms with Gasteiger partial charge in [-0.05, 0) is 50.3 Å².